The summed E-state index contributed by atoms with van der Waals surface area (Å²) >= 11 is 0. The van der Waals surface area contributed by atoms with Crippen molar-refractivity contribution in [1.82, 2.24) is 14.7 Å². The Bertz CT molecular complexity index is 687. The maximum atomic E-state index is 12.3. The van der Waals surface area contributed by atoms with Crippen LogP contribution >= 0.6 is 0 Å². The molecule has 0 fully saturated rings. The zero-order valence-corrected chi connectivity index (χ0v) is 12.8. The van der Waals surface area contributed by atoms with Gasteiger partial charge in [0, 0.05) is 12.2 Å². The number of sulfonamides is 1. The van der Waals surface area contributed by atoms with Crippen LogP contribution in [0.25, 0.3) is 0 Å². The summed E-state index contributed by atoms with van der Waals surface area (Å²) < 4.78 is 27.2. The van der Waals surface area contributed by atoms with Gasteiger partial charge in [-0.2, -0.15) is 0 Å². The lowest BCUT2D eigenvalue weighted by Crippen LogP contribution is -2.30. The van der Waals surface area contributed by atoms with Crippen LogP contribution in [-0.2, 0) is 16.6 Å². The summed E-state index contributed by atoms with van der Waals surface area (Å²) in [7, 11) is -3.54. The van der Waals surface area contributed by atoms with Gasteiger partial charge in [0.05, 0.1) is 17.9 Å². The van der Waals surface area contributed by atoms with E-state index in [9.17, 15) is 8.42 Å². The lowest BCUT2D eigenvalue weighted by Gasteiger charge is -2.14. The van der Waals surface area contributed by atoms with E-state index in [1.807, 2.05) is 0 Å². The maximum absolute atomic E-state index is 12.3. The van der Waals surface area contributed by atoms with Gasteiger partial charge in [-0.15, -0.1) is 0 Å². The van der Waals surface area contributed by atoms with Crippen molar-refractivity contribution >= 4 is 15.7 Å². The van der Waals surface area contributed by atoms with Crippen molar-refractivity contribution in [2.45, 2.75) is 31.3 Å². The Morgan fingerprint density at radius 3 is 2.62 bits per heavy atom. The number of benzene rings is 1. The van der Waals surface area contributed by atoms with Crippen molar-refractivity contribution in [3.05, 3.63) is 48.5 Å². The molecule has 1 aromatic heterocycles. The minimum Gasteiger partial charge on any atom is -0.378 e. The van der Waals surface area contributed by atoms with Gasteiger partial charge in [0.25, 0.3) is 0 Å². The molecule has 0 aliphatic rings. The van der Waals surface area contributed by atoms with Crippen molar-refractivity contribution in [1.29, 1.82) is 0 Å². The quantitative estimate of drug-likeness (QED) is 0.850. The number of nitrogens with one attached hydrogen (secondary N) is 2. The SMILES string of the molecule is CC(C)NS(=O)(=O)c1ccccc1NCc1ccncn1. The molecule has 0 radical (unpaired) electrons. The third-order valence-corrected chi connectivity index (χ3v) is 4.39. The Balaban J connectivity index is 2.21. The summed E-state index contributed by atoms with van der Waals surface area (Å²) in [6.45, 7) is 4.00. The first-order valence-electron chi connectivity index (χ1n) is 6.59. The zero-order valence-electron chi connectivity index (χ0n) is 11.9. The molecule has 21 heavy (non-hydrogen) atoms. The van der Waals surface area contributed by atoms with E-state index in [1.165, 1.54) is 6.33 Å². The molecule has 2 aromatic rings. The summed E-state index contributed by atoms with van der Waals surface area (Å²) in [5.74, 6) is 0. The highest BCUT2D eigenvalue weighted by molar-refractivity contribution is 7.89. The second kappa shape index (κ2) is 6.64. The van der Waals surface area contributed by atoms with E-state index in [2.05, 4.69) is 20.0 Å². The van der Waals surface area contributed by atoms with Gasteiger partial charge in [0.15, 0.2) is 0 Å². The summed E-state index contributed by atoms with van der Waals surface area (Å²) in [6, 6.07) is 8.41. The Labute approximate surface area is 124 Å². The molecule has 0 spiro atoms. The molecule has 0 unspecified atom stereocenters. The van der Waals surface area contributed by atoms with Crippen LogP contribution in [0.4, 0.5) is 5.69 Å². The van der Waals surface area contributed by atoms with Gasteiger partial charge in [0.2, 0.25) is 10.0 Å². The Morgan fingerprint density at radius 1 is 1.19 bits per heavy atom. The highest BCUT2D eigenvalue weighted by atomic mass is 32.2. The summed E-state index contributed by atoms with van der Waals surface area (Å²) in [5.41, 5.74) is 1.33. The molecule has 2 N–H and O–H groups in total. The molecule has 112 valence electrons. The van der Waals surface area contributed by atoms with Crippen LogP contribution in [0.2, 0.25) is 0 Å². The minimum atomic E-state index is -3.54. The smallest absolute Gasteiger partial charge is 0.242 e. The average molecular weight is 306 g/mol. The molecular formula is C14H18N4O2S. The van der Waals surface area contributed by atoms with Gasteiger partial charge < -0.3 is 5.32 Å². The van der Waals surface area contributed by atoms with Gasteiger partial charge in [0.1, 0.15) is 11.2 Å². The number of nitrogens with zero attached hydrogens (tertiary/aromatic N) is 2. The first-order chi connectivity index (χ1) is 9.99. The third-order valence-electron chi connectivity index (χ3n) is 2.67. The average Bonchev–Trinajstić information content (AvgIpc) is 2.45. The van der Waals surface area contributed by atoms with Gasteiger partial charge in [-0.1, -0.05) is 12.1 Å². The van der Waals surface area contributed by atoms with Gasteiger partial charge >= 0.3 is 0 Å². The maximum Gasteiger partial charge on any atom is 0.242 e. The Kier molecular flexibility index (Phi) is 4.87. The van der Waals surface area contributed by atoms with Crippen LogP contribution in [-0.4, -0.2) is 24.4 Å². The lowest BCUT2D eigenvalue weighted by molar-refractivity contribution is 0.570. The molecule has 0 amide bonds. The molecule has 0 aliphatic heterocycles. The second-order valence-electron chi connectivity index (χ2n) is 4.83. The van der Waals surface area contributed by atoms with E-state index in [1.54, 1.807) is 50.4 Å². The van der Waals surface area contributed by atoms with E-state index in [0.29, 0.717) is 12.2 Å². The number of rotatable bonds is 6. The molecule has 1 heterocycles. The topological polar surface area (TPSA) is 84.0 Å². The van der Waals surface area contributed by atoms with Crippen molar-refractivity contribution in [2.24, 2.45) is 0 Å². The van der Waals surface area contributed by atoms with Gasteiger partial charge in [-0.25, -0.2) is 23.1 Å². The van der Waals surface area contributed by atoms with Crippen LogP contribution in [0.15, 0.2) is 47.8 Å². The molecule has 7 heteroatoms. The predicted octanol–water partition coefficient (Wildman–Crippen LogP) is 1.78. The third kappa shape index (κ3) is 4.24. The number of para-hydroxylation sites is 1. The number of hydrogen-bond acceptors (Lipinski definition) is 5. The van der Waals surface area contributed by atoms with E-state index >= 15 is 0 Å². The molecule has 0 saturated carbocycles. The second-order valence-corrected chi connectivity index (χ2v) is 6.51. The highest BCUT2D eigenvalue weighted by Crippen LogP contribution is 2.21. The van der Waals surface area contributed by atoms with Crippen LogP contribution in [0, 0.1) is 0 Å². The predicted molar refractivity (Wildman–Crippen MR) is 81.3 cm³/mol. The number of anilines is 1. The highest BCUT2D eigenvalue weighted by Gasteiger charge is 2.18. The Hall–Kier alpha value is -1.99. The zero-order chi connectivity index (χ0) is 15.3. The largest absolute Gasteiger partial charge is 0.378 e. The molecule has 0 atom stereocenters. The molecule has 6 nitrogen and oxygen atoms in total. The fourth-order valence-corrected chi connectivity index (χ4v) is 3.26. The minimum absolute atomic E-state index is 0.162. The number of aromatic nitrogens is 2. The first-order valence-corrected chi connectivity index (χ1v) is 8.07. The van der Waals surface area contributed by atoms with Crippen molar-refractivity contribution < 1.29 is 8.42 Å². The van der Waals surface area contributed by atoms with Crippen LogP contribution < -0.4 is 10.0 Å². The van der Waals surface area contributed by atoms with E-state index in [0.717, 1.165) is 5.69 Å². The fourth-order valence-electron chi connectivity index (χ4n) is 1.83. The Morgan fingerprint density at radius 2 is 1.95 bits per heavy atom. The fraction of sp³-hybridized carbons (Fsp3) is 0.286. The van der Waals surface area contributed by atoms with E-state index in [4.69, 9.17) is 0 Å². The molecule has 2 rings (SSSR count). The lowest BCUT2D eigenvalue weighted by atomic mass is 10.3. The molecule has 0 saturated heterocycles. The summed E-state index contributed by atoms with van der Waals surface area (Å²) in [5, 5.41) is 3.10. The van der Waals surface area contributed by atoms with E-state index in [-0.39, 0.29) is 10.9 Å². The van der Waals surface area contributed by atoms with Crippen LogP contribution in [0.1, 0.15) is 19.5 Å². The molecular weight excluding hydrogens is 288 g/mol. The molecule has 0 aliphatic carbocycles. The summed E-state index contributed by atoms with van der Waals surface area (Å²) in [6.07, 6.45) is 3.10. The van der Waals surface area contributed by atoms with E-state index < -0.39 is 10.0 Å². The van der Waals surface area contributed by atoms with Crippen molar-refractivity contribution in [3.63, 3.8) is 0 Å². The number of hydrogen-bond donors (Lipinski definition) is 2. The van der Waals surface area contributed by atoms with Crippen LogP contribution in [0.3, 0.4) is 0 Å². The van der Waals surface area contributed by atoms with Gasteiger partial charge in [-0.3, -0.25) is 0 Å². The molecule has 0 bridgehead atoms. The van der Waals surface area contributed by atoms with Crippen LogP contribution in [0.5, 0.6) is 0 Å². The monoisotopic (exact) mass is 306 g/mol. The van der Waals surface area contributed by atoms with Gasteiger partial charge in [-0.05, 0) is 32.0 Å². The van der Waals surface area contributed by atoms with Crippen molar-refractivity contribution in [3.8, 4) is 0 Å². The molecule has 1 aromatic carbocycles. The summed E-state index contributed by atoms with van der Waals surface area (Å²) in [4.78, 5) is 8.17. The first kappa shape index (κ1) is 15.4. The normalized spacial score (nSPS) is 11.6. The standard InChI is InChI=1S/C14H18N4O2S/c1-11(2)18-21(19,20)14-6-4-3-5-13(14)16-9-12-7-8-15-10-17-12/h3-8,10-11,16,18H,9H2,1-2H3. The van der Waals surface area contributed by atoms with Crippen molar-refractivity contribution in [2.75, 3.05) is 5.32 Å².